The molecule has 2 rings (SSSR count). The Bertz CT molecular complexity index is 561. The average molecular weight is 261 g/mol. The maximum atomic E-state index is 11.5. The fraction of sp³-hybridized carbons (Fsp3) is 0.286. The molecule has 0 aromatic carbocycles. The molecule has 0 spiro atoms. The van der Waals surface area contributed by atoms with Crippen molar-refractivity contribution in [3.63, 3.8) is 0 Å². The molecule has 0 aliphatic rings. The summed E-state index contributed by atoms with van der Waals surface area (Å²) in [7, 11) is 0. The number of aromatic nitrogens is 1. The van der Waals surface area contributed by atoms with Gasteiger partial charge in [0.2, 0.25) is 0 Å². The highest BCUT2D eigenvalue weighted by Crippen LogP contribution is 2.30. The zero-order valence-electron chi connectivity index (χ0n) is 10.7. The number of thioether (sulfide) groups is 1. The highest BCUT2D eigenvalue weighted by molar-refractivity contribution is 7.98. The molecule has 2 aromatic heterocycles. The number of rotatable bonds is 4. The summed E-state index contributed by atoms with van der Waals surface area (Å²) in [6.07, 6.45) is 3.43. The van der Waals surface area contributed by atoms with Crippen molar-refractivity contribution in [2.24, 2.45) is 0 Å². The van der Waals surface area contributed by atoms with Gasteiger partial charge in [-0.05, 0) is 37.1 Å². The molecule has 0 aliphatic carbocycles. The first-order chi connectivity index (χ1) is 8.59. The third-order valence-electron chi connectivity index (χ3n) is 2.71. The minimum Gasteiger partial charge on any atom is -0.468 e. The molecule has 3 nitrogen and oxygen atoms in total. The smallest absolute Gasteiger partial charge is 0.178 e. The first kappa shape index (κ1) is 12.9. The van der Waals surface area contributed by atoms with Crippen LogP contribution >= 0.6 is 11.8 Å². The normalized spacial score (nSPS) is 10.6. The van der Waals surface area contributed by atoms with Gasteiger partial charge >= 0.3 is 0 Å². The monoisotopic (exact) mass is 261 g/mol. The summed E-state index contributed by atoms with van der Waals surface area (Å²) < 4.78 is 5.31. The number of nitrogens with zero attached hydrogens (tertiary/aromatic N) is 1. The van der Waals surface area contributed by atoms with E-state index in [4.69, 9.17) is 4.42 Å². The van der Waals surface area contributed by atoms with Gasteiger partial charge < -0.3 is 4.42 Å². The van der Waals surface area contributed by atoms with Crippen molar-refractivity contribution in [1.82, 2.24) is 4.98 Å². The van der Waals surface area contributed by atoms with E-state index in [1.807, 2.05) is 26.0 Å². The van der Waals surface area contributed by atoms with Crippen LogP contribution < -0.4 is 0 Å². The second-order valence-corrected chi connectivity index (χ2v) is 5.15. The summed E-state index contributed by atoms with van der Waals surface area (Å²) in [6.45, 7) is 5.50. The molecule has 2 heterocycles. The Kier molecular flexibility index (Phi) is 3.87. The molecule has 0 amide bonds. The number of furan rings is 1. The van der Waals surface area contributed by atoms with Gasteiger partial charge in [-0.2, -0.15) is 0 Å². The maximum absolute atomic E-state index is 11.5. The molecular formula is C14H15NO2S. The van der Waals surface area contributed by atoms with Gasteiger partial charge in [-0.25, -0.2) is 0 Å². The van der Waals surface area contributed by atoms with E-state index in [-0.39, 0.29) is 5.78 Å². The fourth-order valence-electron chi connectivity index (χ4n) is 1.84. The lowest BCUT2D eigenvalue weighted by atomic mass is 10.1. The van der Waals surface area contributed by atoms with E-state index < -0.39 is 0 Å². The molecule has 0 fully saturated rings. The number of pyridine rings is 1. The molecule has 0 unspecified atom stereocenters. The Morgan fingerprint density at radius 3 is 2.83 bits per heavy atom. The van der Waals surface area contributed by atoms with Crippen molar-refractivity contribution in [2.45, 2.75) is 31.4 Å². The molecule has 4 heteroatoms. The van der Waals surface area contributed by atoms with Crippen LogP contribution in [0.3, 0.4) is 0 Å². The summed E-state index contributed by atoms with van der Waals surface area (Å²) in [5.74, 6) is 1.70. The van der Waals surface area contributed by atoms with Crippen LogP contribution in [0.5, 0.6) is 0 Å². The van der Waals surface area contributed by atoms with Gasteiger partial charge in [-0.3, -0.25) is 9.78 Å². The van der Waals surface area contributed by atoms with Crippen LogP contribution in [0.25, 0.3) is 0 Å². The quantitative estimate of drug-likeness (QED) is 0.620. The predicted molar refractivity (Wildman–Crippen MR) is 72.0 cm³/mol. The van der Waals surface area contributed by atoms with E-state index in [1.54, 1.807) is 31.1 Å². The molecule has 0 saturated carbocycles. The summed E-state index contributed by atoms with van der Waals surface area (Å²) in [6, 6.07) is 3.83. The van der Waals surface area contributed by atoms with E-state index in [2.05, 4.69) is 4.98 Å². The molecule has 0 aliphatic heterocycles. The van der Waals surface area contributed by atoms with Crippen molar-refractivity contribution in [1.29, 1.82) is 0 Å². The lowest BCUT2D eigenvalue weighted by molar-refractivity contribution is 0.101. The molecule has 94 valence electrons. The second kappa shape index (κ2) is 5.40. The van der Waals surface area contributed by atoms with Gasteiger partial charge in [0.05, 0.1) is 12.0 Å². The standard InChI is InChI=1S/C14H15NO2S/c1-9-7-15-13(11(3)16)10(2)14(9)18-8-12-5-4-6-17-12/h4-7H,8H2,1-3H3. The van der Waals surface area contributed by atoms with Crippen molar-refractivity contribution >= 4 is 17.5 Å². The third-order valence-corrected chi connectivity index (χ3v) is 4.06. The van der Waals surface area contributed by atoms with Crippen LogP contribution in [0, 0.1) is 13.8 Å². The van der Waals surface area contributed by atoms with E-state index in [9.17, 15) is 4.79 Å². The zero-order chi connectivity index (χ0) is 13.1. The van der Waals surface area contributed by atoms with Crippen LogP contribution in [-0.2, 0) is 5.75 Å². The molecule has 18 heavy (non-hydrogen) atoms. The van der Waals surface area contributed by atoms with Crippen LogP contribution in [0.2, 0.25) is 0 Å². The van der Waals surface area contributed by atoms with Gasteiger partial charge in [-0.15, -0.1) is 11.8 Å². The van der Waals surface area contributed by atoms with Gasteiger partial charge in [0, 0.05) is 18.0 Å². The summed E-state index contributed by atoms with van der Waals surface area (Å²) in [5, 5.41) is 0. The SMILES string of the molecule is CC(=O)c1ncc(C)c(SCc2ccco2)c1C. The largest absolute Gasteiger partial charge is 0.468 e. The Balaban J connectivity index is 2.26. The van der Waals surface area contributed by atoms with Gasteiger partial charge in [0.1, 0.15) is 11.5 Å². The molecule has 0 bridgehead atoms. The topological polar surface area (TPSA) is 43.1 Å². The first-order valence-corrected chi connectivity index (χ1v) is 6.70. The molecule has 0 radical (unpaired) electrons. The highest BCUT2D eigenvalue weighted by Gasteiger charge is 2.13. The van der Waals surface area contributed by atoms with Crippen LogP contribution in [0.1, 0.15) is 34.3 Å². The number of hydrogen-bond acceptors (Lipinski definition) is 4. The van der Waals surface area contributed by atoms with Crippen molar-refractivity contribution in [3.8, 4) is 0 Å². The number of hydrogen-bond donors (Lipinski definition) is 0. The van der Waals surface area contributed by atoms with Crippen molar-refractivity contribution < 1.29 is 9.21 Å². The molecular weight excluding hydrogens is 246 g/mol. The van der Waals surface area contributed by atoms with Crippen molar-refractivity contribution in [3.05, 3.63) is 47.2 Å². The number of Topliss-reactive ketones (excluding diaryl/α,β-unsaturated/α-hetero) is 1. The van der Waals surface area contributed by atoms with Crippen LogP contribution in [-0.4, -0.2) is 10.8 Å². The van der Waals surface area contributed by atoms with E-state index in [1.165, 1.54) is 0 Å². The van der Waals surface area contributed by atoms with Gasteiger partial charge in [-0.1, -0.05) is 0 Å². The summed E-state index contributed by atoms with van der Waals surface area (Å²) >= 11 is 1.68. The molecule has 2 aromatic rings. The minimum absolute atomic E-state index is 0.00680. The molecule has 0 saturated heterocycles. The highest BCUT2D eigenvalue weighted by atomic mass is 32.2. The maximum Gasteiger partial charge on any atom is 0.178 e. The van der Waals surface area contributed by atoms with Crippen LogP contribution in [0.4, 0.5) is 0 Å². The minimum atomic E-state index is 0.00680. The number of ketones is 1. The number of aryl methyl sites for hydroxylation is 1. The average Bonchev–Trinajstić information content (AvgIpc) is 2.81. The van der Waals surface area contributed by atoms with E-state index >= 15 is 0 Å². The second-order valence-electron chi connectivity index (χ2n) is 4.17. The lowest BCUT2D eigenvalue weighted by Gasteiger charge is -2.10. The Labute approximate surface area is 111 Å². The third kappa shape index (κ3) is 2.64. The number of carbonyl (C=O) groups is 1. The Hall–Kier alpha value is -1.55. The fourth-order valence-corrected chi connectivity index (χ4v) is 2.88. The Morgan fingerprint density at radius 1 is 1.44 bits per heavy atom. The molecule has 0 atom stereocenters. The first-order valence-electron chi connectivity index (χ1n) is 5.72. The predicted octanol–water partition coefficient (Wildman–Crippen LogP) is 3.79. The Morgan fingerprint density at radius 2 is 2.22 bits per heavy atom. The van der Waals surface area contributed by atoms with E-state index in [0.717, 1.165) is 27.5 Å². The van der Waals surface area contributed by atoms with E-state index in [0.29, 0.717) is 5.69 Å². The van der Waals surface area contributed by atoms with Crippen LogP contribution in [0.15, 0.2) is 33.9 Å². The summed E-state index contributed by atoms with van der Waals surface area (Å²) in [5.41, 5.74) is 2.61. The number of carbonyl (C=O) groups excluding carboxylic acids is 1. The van der Waals surface area contributed by atoms with Gasteiger partial charge in [0.25, 0.3) is 0 Å². The molecule has 0 N–H and O–H groups in total. The van der Waals surface area contributed by atoms with Gasteiger partial charge in [0.15, 0.2) is 5.78 Å². The van der Waals surface area contributed by atoms with Crippen molar-refractivity contribution in [2.75, 3.05) is 0 Å². The summed E-state index contributed by atoms with van der Waals surface area (Å²) in [4.78, 5) is 16.8. The lowest BCUT2D eigenvalue weighted by Crippen LogP contribution is -2.03. The zero-order valence-corrected chi connectivity index (χ0v) is 11.5.